The van der Waals surface area contributed by atoms with E-state index in [0.29, 0.717) is 0 Å². The number of anilines is 1. The molecule has 0 unspecified atom stereocenters. The smallest absolute Gasteiger partial charge is 0.205 e. The van der Waals surface area contributed by atoms with Crippen LogP contribution in [0.25, 0.3) is 12.2 Å². The molecule has 2 nitrogen and oxygen atoms in total. The molecule has 0 aliphatic rings. The Labute approximate surface area is 102 Å². The number of nitrogens with zero attached hydrogens (tertiary/aromatic N) is 1. The van der Waals surface area contributed by atoms with Crippen molar-refractivity contribution < 1.29 is 4.57 Å². The third kappa shape index (κ3) is 2.94. The molecule has 2 heteroatoms. The zero-order chi connectivity index (χ0) is 12.1. The zero-order valence-corrected chi connectivity index (χ0v) is 10.0. The Kier molecular flexibility index (Phi) is 3.55. The highest BCUT2D eigenvalue weighted by Gasteiger charge is 2.01. The van der Waals surface area contributed by atoms with E-state index in [9.17, 15) is 0 Å². The van der Waals surface area contributed by atoms with E-state index in [0.717, 1.165) is 17.8 Å². The van der Waals surface area contributed by atoms with E-state index in [-0.39, 0.29) is 0 Å². The van der Waals surface area contributed by atoms with E-state index in [1.54, 1.807) is 0 Å². The molecule has 0 saturated heterocycles. The Hall–Kier alpha value is -2.09. The molecule has 0 bridgehead atoms. The summed E-state index contributed by atoms with van der Waals surface area (Å²) in [5.74, 6) is 0. The summed E-state index contributed by atoms with van der Waals surface area (Å²) < 4.78 is 2.20. The fraction of sp³-hybridized carbons (Fsp3) is 0.133. The van der Waals surface area contributed by atoms with Gasteiger partial charge in [-0.15, -0.1) is 0 Å². The number of nitrogen functional groups attached to an aromatic ring is 1. The van der Waals surface area contributed by atoms with Gasteiger partial charge in [-0.25, -0.2) is 0 Å². The monoisotopic (exact) mass is 225 g/mol. The van der Waals surface area contributed by atoms with Gasteiger partial charge in [0.1, 0.15) is 6.54 Å². The van der Waals surface area contributed by atoms with Gasteiger partial charge in [-0.1, -0.05) is 12.1 Å². The number of rotatable bonds is 3. The molecule has 2 N–H and O–H groups in total. The van der Waals surface area contributed by atoms with E-state index in [4.69, 9.17) is 5.73 Å². The van der Waals surface area contributed by atoms with E-state index < -0.39 is 0 Å². The molecule has 0 fully saturated rings. The topological polar surface area (TPSA) is 29.9 Å². The fourth-order valence-corrected chi connectivity index (χ4v) is 1.72. The summed E-state index contributed by atoms with van der Waals surface area (Å²) >= 11 is 0. The van der Waals surface area contributed by atoms with Gasteiger partial charge in [0, 0.05) is 23.9 Å². The van der Waals surface area contributed by atoms with Gasteiger partial charge >= 0.3 is 0 Å². The predicted molar refractivity (Wildman–Crippen MR) is 72.1 cm³/mol. The summed E-state index contributed by atoms with van der Waals surface area (Å²) in [6.45, 7) is 3.11. The number of benzene rings is 1. The largest absolute Gasteiger partial charge is 0.399 e. The third-order valence-corrected chi connectivity index (χ3v) is 2.70. The lowest BCUT2D eigenvalue weighted by Crippen LogP contribution is -2.34. The summed E-state index contributed by atoms with van der Waals surface area (Å²) in [5.41, 5.74) is 8.81. The number of pyridine rings is 1. The van der Waals surface area contributed by atoms with Crippen LogP contribution in [0.2, 0.25) is 0 Å². The van der Waals surface area contributed by atoms with Crippen LogP contribution in [-0.2, 0) is 6.54 Å². The molecule has 1 heterocycles. The van der Waals surface area contributed by atoms with Crippen molar-refractivity contribution in [2.24, 2.45) is 0 Å². The van der Waals surface area contributed by atoms with Crippen LogP contribution in [0.4, 0.5) is 5.69 Å². The Morgan fingerprint density at radius 1 is 1.06 bits per heavy atom. The Morgan fingerprint density at radius 3 is 2.53 bits per heavy atom. The molecule has 1 aromatic heterocycles. The van der Waals surface area contributed by atoms with Crippen LogP contribution in [0.1, 0.15) is 18.2 Å². The van der Waals surface area contributed by atoms with Gasteiger partial charge in [0.05, 0.1) is 0 Å². The number of aryl methyl sites for hydroxylation is 1. The first-order valence-electron chi connectivity index (χ1n) is 5.81. The Morgan fingerprint density at radius 2 is 1.82 bits per heavy atom. The molecule has 2 aromatic rings. The van der Waals surface area contributed by atoms with Gasteiger partial charge in [0.2, 0.25) is 5.69 Å². The average Bonchev–Trinajstić information content (AvgIpc) is 2.38. The number of aromatic nitrogens is 1. The molecule has 0 radical (unpaired) electrons. The van der Waals surface area contributed by atoms with E-state index in [1.807, 2.05) is 30.3 Å². The van der Waals surface area contributed by atoms with Gasteiger partial charge in [-0.2, -0.15) is 4.57 Å². The Bertz CT molecular complexity index is 513. The lowest BCUT2D eigenvalue weighted by atomic mass is 10.2. The van der Waals surface area contributed by atoms with Crippen LogP contribution in [-0.4, -0.2) is 0 Å². The second-order valence-corrected chi connectivity index (χ2v) is 3.91. The minimum atomic E-state index is 0.797. The molecular weight excluding hydrogens is 208 g/mol. The number of nitrogens with two attached hydrogens (primary N) is 1. The van der Waals surface area contributed by atoms with Gasteiger partial charge < -0.3 is 5.73 Å². The minimum Gasteiger partial charge on any atom is -0.399 e. The standard InChI is InChI=1S/C15H16N2/c1-2-17-12-4-3-5-15(17)11-8-13-6-9-14(16)10-7-13/h3-12,16H,2H2,1H3/p+1. The fourth-order valence-electron chi connectivity index (χ4n) is 1.72. The lowest BCUT2D eigenvalue weighted by Gasteiger charge is -1.97. The molecule has 0 spiro atoms. The zero-order valence-electron chi connectivity index (χ0n) is 10.0. The van der Waals surface area contributed by atoms with E-state index in [1.165, 1.54) is 5.69 Å². The van der Waals surface area contributed by atoms with Crippen LogP contribution >= 0.6 is 0 Å². The van der Waals surface area contributed by atoms with Crippen LogP contribution in [0, 0.1) is 0 Å². The van der Waals surface area contributed by atoms with Gasteiger partial charge in [-0.3, -0.25) is 0 Å². The van der Waals surface area contributed by atoms with Crippen molar-refractivity contribution in [2.45, 2.75) is 13.5 Å². The highest BCUT2D eigenvalue weighted by atomic mass is 14.9. The number of hydrogen-bond acceptors (Lipinski definition) is 1. The van der Waals surface area contributed by atoms with Crippen LogP contribution in [0.5, 0.6) is 0 Å². The number of hydrogen-bond donors (Lipinski definition) is 1. The molecule has 0 atom stereocenters. The van der Waals surface area contributed by atoms with Crippen molar-refractivity contribution in [1.82, 2.24) is 0 Å². The van der Waals surface area contributed by atoms with Gasteiger partial charge in [0.15, 0.2) is 6.20 Å². The second-order valence-electron chi connectivity index (χ2n) is 3.91. The quantitative estimate of drug-likeness (QED) is 0.631. The first-order chi connectivity index (χ1) is 8.29. The molecule has 0 aliphatic heterocycles. The van der Waals surface area contributed by atoms with Crippen molar-refractivity contribution in [1.29, 1.82) is 0 Å². The summed E-state index contributed by atoms with van der Waals surface area (Å²) in [5, 5.41) is 0. The summed E-state index contributed by atoms with van der Waals surface area (Å²) in [4.78, 5) is 0. The highest BCUT2D eigenvalue weighted by molar-refractivity contribution is 5.67. The molecule has 2 rings (SSSR count). The maximum absolute atomic E-state index is 5.65. The van der Waals surface area contributed by atoms with Crippen molar-refractivity contribution in [3.8, 4) is 0 Å². The summed E-state index contributed by atoms with van der Waals surface area (Å²) in [6, 6.07) is 14.1. The molecule has 17 heavy (non-hydrogen) atoms. The van der Waals surface area contributed by atoms with Crippen LogP contribution < -0.4 is 10.3 Å². The van der Waals surface area contributed by atoms with Crippen molar-refractivity contribution in [3.63, 3.8) is 0 Å². The van der Waals surface area contributed by atoms with Crippen molar-refractivity contribution >= 4 is 17.8 Å². The van der Waals surface area contributed by atoms with Crippen LogP contribution in [0.15, 0.2) is 48.7 Å². The predicted octanol–water partition coefficient (Wildman–Crippen LogP) is 2.75. The molecule has 1 aromatic carbocycles. The van der Waals surface area contributed by atoms with Gasteiger partial charge in [0.25, 0.3) is 0 Å². The van der Waals surface area contributed by atoms with E-state index in [2.05, 4.69) is 42.0 Å². The van der Waals surface area contributed by atoms with Gasteiger partial charge in [-0.05, 0) is 36.8 Å². The minimum absolute atomic E-state index is 0.797. The SMILES string of the molecule is CC[n+]1ccccc1/C=C/c1ccc(N)cc1. The first kappa shape index (κ1) is 11.4. The molecule has 86 valence electrons. The maximum Gasteiger partial charge on any atom is 0.205 e. The molecule has 0 amide bonds. The molecule has 0 aliphatic carbocycles. The third-order valence-electron chi connectivity index (χ3n) is 2.70. The van der Waals surface area contributed by atoms with Crippen LogP contribution in [0.3, 0.4) is 0 Å². The average molecular weight is 225 g/mol. The molecular formula is C15H17N2+. The maximum atomic E-state index is 5.65. The Balaban J connectivity index is 2.22. The lowest BCUT2D eigenvalue weighted by molar-refractivity contribution is -0.695. The summed E-state index contributed by atoms with van der Waals surface area (Å²) in [7, 11) is 0. The molecule has 0 saturated carbocycles. The van der Waals surface area contributed by atoms with Crippen molar-refractivity contribution in [2.75, 3.05) is 5.73 Å². The first-order valence-corrected chi connectivity index (χ1v) is 5.81. The normalized spacial score (nSPS) is 10.9. The van der Waals surface area contributed by atoms with Crippen molar-refractivity contribution in [3.05, 3.63) is 59.9 Å². The highest BCUT2D eigenvalue weighted by Crippen LogP contribution is 2.08. The second kappa shape index (κ2) is 5.30. The summed E-state index contributed by atoms with van der Waals surface area (Å²) in [6.07, 6.45) is 6.30. The van der Waals surface area contributed by atoms with E-state index >= 15 is 0 Å².